The maximum atomic E-state index is 14.5. The van der Waals surface area contributed by atoms with Crippen LogP contribution in [0.1, 0.15) is 32.0 Å². The van der Waals surface area contributed by atoms with Crippen molar-refractivity contribution in [1.29, 1.82) is 0 Å². The molecule has 10 heteroatoms. The second-order valence-corrected chi connectivity index (χ2v) is 11.1. The van der Waals surface area contributed by atoms with Crippen LogP contribution < -0.4 is 15.8 Å². The van der Waals surface area contributed by atoms with Gasteiger partial charge in [-0.25, -0.2) is 14.2 Å². The second-order valence-electron chi connectivity index (χ2n) is 10.7. The maximum Gasteiger partial charge on any atom is 0.410 e. The molecule has 0 bridgehead atoms. The molecule has 0 radical (unpaired) electrons. The number of hydrogen-bond acceptors (Lipinski definition) is 6. The molecule has 2 aromatic carbocycles. The Bertz CT molecular complexity index is 1570. The van der Waals surface area contributed by atoms with E-state index in [-0.39, 0.29) is 18.1 Å². The number of benzene rings is 2. The van der Waals surface area contributed by atoms with Crippen molar-refractivity contribution in [2.24, 2.45) is 0 Å². The molecule has 1 amide bonds. The van der Waals surface area contributed by atoms with E-state index in [2.05, 4.69) is 20.2 Å². The SMILES string of the molecule is CC(C)(C)OC(=O)N1CCN(c2ccc(Nc3nc(Cc4c(F)cccc4Cl)cc4cc[nH]c(=O)c34)cc2)CC1. The molecule has 3 heterocycles. The Morgan fingerprint density at radius 3 is 2.50 bits per heavy atom. The molecular weight excluding hydrogens is 533 g/mol. The van der Waals surface area contributed by atoms with E-state index in [9.17, 15) is 14.0 Å². The van der Waals surface area contributed by atoms with Crippen LogP contribution in [0.3, 0.4) is 0 Å². The molecule has 4 aromatic rings. The lowest BCUT2D eigenvalue weighted by molar-refractivity contribution is 0.0240. The molecule has 0 saturated carbocycles. The summed E-state index contributed by atoms with van der Waals surface area (Å²) in [6, 6.07) is 15.9. The van der Waals surface area contributed by atoms with E-state index in [1.54, 1.807) is 35.4 Å². The standard InChI is InChI=1S/C30H31ClFN5O3/c1-30(2,3)40-29(39)37-15-13-36(14-16-37)22-9-7-20(8-10-22)34-27-26-19(11-12-33-28(26)38)17-21(35-27)18-23-24(31)5-4-6-25(23)32/h4-12,17H,13-16,18H2,1-3H3,(H,33,38)(H,34,35). The first-order chi connectivity index (χ1) is 19.1. The summed E-state index contributed by atoms with van der Waals surface area (Å²) in [5, 5.41) is 4.69. The van der Waals surface area contributed by atoms with Crippen LogP contribution in [0.4, 0.5) is 26.4 Å². The Morgan fingerprint density at radius 2 is 1.82 bits per heavy atom. The highest BCUT2D eigenvalue weighted by atomic mass is 35.5. The number of piperazine rings is 1. The van der Waals surface area contributed by atoms with Crippen LogP contribution in [0.2, 0.25) is 5.02 Å². The molecule has 2 N–H and O–H groups in total. The molecule has 8 nitrogen and oxygen atoms in total. The molecule has 208 valence electrons. The lowest BCUT2D eigenvalue weighted by Gasteiger charge is -2.36. The normalized spacial score (nSPS) is 13.9. The number of amides is 1. The minimum absolute atomic E-state index is 0.178. The number of H-pyrrole nitrogens is 1. The Labute approximate surface area is 236 Å². The molecule has 1 saturated heterocycles. The van der Waals surface area contributed by atoms with Gasteiger partial charge >= 0.3 is 6.09 Å². The number of hydrogen-bond donors (Lipinski definition) is 2. The van der Waals surface area contributed by atoms with E-state index in [0.717, 1.165) is 11.4 Å². The van der Waals surface area contributed by atoms with E-state index in [4.69, 9.17) is 16.3 Å². The highest BCUT2D eigenvalue weighted by Crippen LogP contribution is 2.28. The number of anilines is 3. The Morgan fingerprint density at radius 1 is 1.10 bits per heavy atom. The second kappa shape index (κ2) is 11.2. The summed E-state index contributed by atoms with van der Waals surface area (Å²) in [7, 11) is 0. The first-order valence-electron chi connectivity index (χ1n) is 13.1. The van der Waals surface area contributed by atoms with Gasteiger partial charge in [-0.2, -0.15) is 0 Å². The smallest absolute Gasteiger partial charge is 0.410 e. The van der Waals surface area contributed by atoms with E-state index in [1.165, 1.54) is 6.07 Å². The van der Waals surface area contributed by atoms with Crippen LogP contribution in [0, 0.1) is 5.82 Å². The van der Waals surface area contributed by atoms with Crippen LogP contribution in [0.25, 0.3) is 10.8 Å². The number of pyridine rings is 2. The van der Waals surface area contributed by atoms with Gasteiger partial charge in [0.25, 0.3) is 5.56 Å². The number of carbonyl (C=O) groups excluding carboxylic acids is 1. The number of carbonyl (C=O) groups is 1. The third kappa shape index (κ3) is 6.20. The summed E-state index contributed by atoms with van der Waals surface area (Å²) in [5.41, 5.74) is 1.89. The fourth-order valence-electron chi connectivity index (χ4n) is 4.70. The molecule has 1 aliphatic rings. The monoisotopic (exact) mass is 563 g/mol. The fraction of sp³-hybridized carbons (Fsp3) is 0.300. The molecule has 2 aromatic heterocycles. The van der Waals surface area contributed by atoms with Crippen molar-refractivity contribution >= 4 is 45.7 Å². The van der Waals surface area contributed by atoms with Crippen LogP contribution in [-0.2, 0) is 11.2 Å². The lowest BCUT2D eigenvalue weighted by atomic mass is 10.1. The van der Waals surface area contributed by atoms with Crippen molar-refractivity contribution in [1.82, 2.24) is 14.9 Å². The number of aromatic nitrogens is 2. The van der Waals surface area contributed by atoms with Crippen LogP contribution >= 0.6 is 11.6 Å². The number of fused-ring (bicyclic) bond motifs is 1. The van der Waals surface area contributed by atoms with Crippen molar-refractivity contribution in [2.45, 2.75) is 32.8 Å². The number of nitrogens with one attached hydrogen (secondary N) is 2. The molecule has 40 heavy (non-hydrogen) atoms. The largest absolute Gasteiger partial charge is 0.444 e. The van der Waals surface area contributed by atoms with E-state index in [1.807, 2.05) is 45.0 Å². The van der Waals surface area contributed by atoms with Gasteiger partial charge in [0.05, 0.1) is 5.39 Å². The zero-order valence-corrected chi connectivity index (χ0v) is 23.4. The highest BCUT2D eigenvalue weighted by molar-refractivity contribution is 6.31. The predicted molar refractivity (Wildman–Crippen MR) is 156 cm³/mol. The van der Waals surface area contributed by atoms with Gasteiger partial charge in [-0.1, -0.05) is 17.7 Å². The summed E-state index contributed by atoms with van der Waals surface area (Å²) in [4.78, 5) is 36.4. The van der Waals surface area contributed by atoms with Crippen molar-refractivity contribution in [3.63, 3.8) is 0 Å². The molecule has 1 aliphatic heterocycles. The highest BCUT2D eigenvalue weighted by Gasteiger charge is 2.26. The van der Waals surface area contributed by atoms with Gasteiger partial charge < -0.3 is 24.8 Å². The lowest BCUT2D eigenvalue weighted by Crippen LogP contribution is -2.50. The molecular formula is C30H31ClFN5O3. The number of ether oxygens (including phenoxy) is 1. The zero-order chi connectivity index (χ0) is 28.4. The summed E-state index contributed by atoms with van der Waals surface area (Å²) in [6.45, 7) is 8.11. The van der Waals surface area contributed by atoms with Crippen molar-refractivity contribution < 1.29 is 13.9 Å². The molecule has 0 atom stereocenters. The third-order valence-electron chi connectivity index (χ3n) is 6.65. The number of rotatable bonds is 5. The topological polar surface area (TPSA) is 90.6 Å². The van der Waals surface area contributed by atoms with Gasteiger partial charge in [0.1, 0.15) is 17.2 Å². The summed E-state index contributed by atoms with van der Waals surface area (Å²) in [5.74, 6) is -0.0298. The molecule has 0 spiro atoms. The van der Waals surface area contributed by atoms with Gasteiger partial charge in [0.15, 0.2) is 0 Å². The molecule has 5 rings (SSSR count). The van der Waals surface area contributed by atoms with Gasteiger partial charge in [-0.15, -0.1) is 0 Å². The third-order valence-corrected chi connectivity index (χ3v) is 7.01. The van der Waals surface area contributed by atoms with Gasteiger partial charge in [-0.3, -0.25) is 4.79 Å². The maximum absolute atomic E-state index is 14.5. The van der Waals surface area contributed by atoms with Gasteiger partial charge in [0, 0.05) is 66.5 Å². The van der Waals surface area contributed by atoms with Crippen LogP contribution in [0.15, 0.2) is 65.6 Å². The fourth-order valence-corrected chi connectivity index (χ4v) is 4.93. The number of halogens is 2. The van der Waals surface area contributed by atoms with Gasteiger partial charge in [0.2, 0.25) is 0 Å². The number of aromatic amines is 1. The average molecular weight is 564 g/mol. The Hall–Kier alpha value is -4.11. The van der Waals surface area contributed by atoms with E-state index < -0.39 is 11.4 Å². The van der Waals surface area contributed by atoms with E-state index >= 15 is 0 Å². The summed E-state index contributed by atoms with van der Waals surface area (Å²) in [6.07, 6.45) is 1.46. The van der Waals surface area contributed by atoms with Gasteiger partial charge in [-0.05, 0) is 74.7 Å². The minimum atomic E-state index is -0.521. The molecule has 1 fully saturated rings. The average Bonchev–Trinajstić information content (AvgIpc) is 2.90. The Balaban J connectivity index is 1.33. The summed E-state index contributed by atoms with van der Waals surface area (Å²) < 4.78 is 20.0. The molecule has 0 aliphatic carbocycles. The molecule has 0 unspecified atom stereocenters. The summed E-state index contributed by atoms with van der Waals surface area (Å²) >= 11 is 6.25. The van der Waals surface area contributed by atoms with E-state index in [0.29, 0.717) is 59.0 Å². The first-order valence-corrected chi connectivity index (χ1v) is 13.5. The van der Waals surface area contributed by atoms with Crippen LogP contribution in [0.5, 0.6) is 0 Å². The number of nitrogens with zero attached hydrogens (tertiary/aromatic N) is 3. The predicted octanol–water partition coefficient (Wildman–Crippen LogP) is 6.11. The van der Waals surface area contributed by atoms with Crippen molar-refractivity contribution in [3.8, 4) is 0 Å². The van der Waals surface area contributed by atoms with Crippen LogP contribution in [-0.4, -0.2) is 52.7 Å². The van der Waals surface area contributed by atoms with Crippen molar-refractivity contribution in [2.75, 3.05) is 36.4 Å². The minimum Gasteiger partial charge on any atom is -0.444 e. The Kier molecular flexibility index (Phi) is 7.67. The quantitative estimate of drug-likeness (QED) is 0.305. The first kappa shape index (κ1) is 27.5. The van der Waals surface area contributed by atoms with Crippen molar-refractivity contribution in [3.05, 3.63) is 93.2 Å². The zero-order valence-electron chi connectivity index (χ0n) is 22.6.